The van der Waals surface area contributed by atoms with Gasteiger partial charge in [-0.15, -0.1) is 0 Å². The molecule has 0 aromatic heterocycles. The molecule has 0 amide bonds. The summed E-state index contributed by atoms with van der Waals surface area (Å²) >= 11 is 0. The smallest absolute Gasteiger partial charge is 0.00697 e. The molecule has 0 fully saturated rings. The van der Waals surface area contributed by atoms with Crippen LogP contribution in [0.15, 0.2) is 22.8 Å². The van der Waals surface area contributed by atoms with Gasteiger partial charge in [-0.25, -0.2) is 0 Å². The van der Waals surface area contributed by atoms with Crippen molar-refractivity contribution >= 4 is 0 Å². The van der Waals surface area contributed by atoms with Gasteiger partial charge in [-0.05, 0) is 26.2 Å². The van der Waals surface area contributed by atoms with Gasteiger partial charge in [0.15, 0.2) is 0 Å². The average molecular weight is 178 g/mol. The Kier molecular flexibility index (Phi) is 3.00. The first-order valence-corrected chi connectivity index (χ1v) is 5.44. The van der Waals surface area contributed by atoms with E-state index in [0.29, 0.717) is 5.41 Å². The quantitative estimate of drug-likeness (QED) is 0.547. The molecular formula is C13H22. The first-order valence-electron chi connectivity index (χ1n) is 5.44. The lowest BCUT2D eigenvalue weighted by Crippen LogP contribution is -2.12. The van der Waals surface area contributed by atoms with Crippen LogP contribution in [0.3, 0.4) is 0 Å². The Morgan fingerprint density at radius 3 is 2.15 bits per heavy atom. The van der Waals surface area contributed by atoms with Crippen molar-refractivity contribution in [2.24, 2.45) is 5.41 Å². The summed E-state index contributed by atoms with van der Waals surface area (Å²) in [6, 6.07) is 0. The van der Waals surface area contributed by atoms with Crippen molar-refractivity contribution in [2.75, 3.05) is 0 Å². The van der Waals surface area contributed by atoms with Crippen LogP contribution in [0.2, 0.25) is 0 Å². The van der Waals surface area contributed by atoms with Crippen LogP contribution < -0.4 is 0 Å². The fourth-order valence-corrected chi connectivity index (χ4v) is 2.69. The molecule has 0 radical (unpaired) electrons. The van der Waals surface area contributed by atoms with Gasteiger partial charge in [0.05, 0.1) is 0 Å². The first-order chi connectivity index (χ1) is 6.07. The van der Waals surface area contributed by atoms with Gasteiger partial charge in [0.2, 0.25) is 0 Å². The summed E-state index contributed by atoms with van der Waals surface area (Å²) < 4.78 is 0. The number of rotatable bonds is 2. The van der Waals surface area contributed by atoms with Gasteiger partial charge in [-0.2, -0.15) is 0 Å². The van der Waals surface area contributed by atoms with Crippen LogP contribution in [0.4, 0.5) is 0 Å². The molecule has 0 heterocycles. The second kappa shape index (κ2) is 3.69. The van der Waals surface area contributed by atoms with E-state index in [-0.39, 0.29) is 0 Å². The Bertz CT molecular complexity index is 251. The van der Waals surface area contributed by atoms with Crippen LogP contribution in [0.1, 0.15) is 53.9 Å². The maximum atomic E-state index is 2.36. The fraction of sp³-hybridized carbons (Fsp3) is 0.692. The van der Waals surface area contributed by atoms with E-state index in [1.165, 1.54) is 19.3 Å². The average Bonchev–Trinajstić information content (AvgIpc) is 2.35. The Labute approximate surface area is 82.7 Å². The second-order valence-corrected chi connectivity index (χ2v) is 4.40. The van der Waals surface area contributed by atoms with Crippen molar-refractivity contribution in [2.45, 2.75) is 53.9 Å². The highest BCUT2D eigenvalue weighted by Crippen LogP contribution is 2.48. The standard InChI is InChI=1S/C13H22/c1-6-10-9-11(7-2)13(4,5)12(10)8-3/h7H,6,8-9H2,1-5H3/b11-7-. The fourth-order valence-electron chi connectivity index (χ4n) is 2.69. The minimum Gasteiger partial charge on any atom is -0.0873 e. The normalized spacial score (nSPS) is 24.5. The molecule has 0 unspecified atom stereocenters. The Morgan fingerprint density at radius 2 is 1.85 bits per heavy atom. The highest BCUT2D eigenvalue weighted by Gasteiger charge is 2.33. The molecule has 0 aromatic rings. The largest absolute Gasteiger partial charge is 0.0873 e. The van der Waals surface area contributed by atoms with Crippen molar-refractivity contribution in [3.05, 3.63) is 22.8 Å². The molecule has 0 atom stereocenters. The van der Waals surface area contributed by atoms with E-state index in [1.807, 2.05) is 0 Å². The Balaban J connectivity index is 3.09. The zero-order chi connectivity index (χ0) is 10.1. The molecule has 1 rings (SSSR count). The third kappa shape index (κ3) is 1.59. The molecule has 0 spiro atoms. The summed E-state index contributed by atoms with van der Waals surface area (Å²) in [5.41, 5.74) is 5.32. The monoisotopic (exact) mass is 178 g/mol. The van der Waals surface area contributed by atoms with Crippen molar-refractivity contribution in [3.63, 3.8) is 0 Å². The molecule has 0 bridgehead atoms. The van der Waals surface area contributed by atoms with E-state index in [9.17, 15) is 0 Å². The van der Waals surface area contributed by atoms with Gasteiger partial charge < -0.3 is 0 Å². The van der Waals surface area contributed by atoms with E-state index in [4.69, 9.17) is 0 Å². The third-order valence-electron chi connectivity index (χ3n) is 3.52. The molecule has 1 aliphatic carbocycles. The topological polar surface area (TPSA) is 0 Å². The SMILES string of the molecule is C/C=C1/CC(CC)=C(CC)C1(C)C. The lowest BCUT2D eigenvalue weighted by atomic mass is 9.80. The van der Waals surface area contributed by atoms with Gasteiger partial charge in [0.25, 0.3) is 0 Å². The lowest BCUT2D eigenvalue weighted by Gasteiger charge is -2.24. The highest BCUT2D eigenvalue weighted by molar-refractivity contribution is 5.41. The number of hydrogen-bond acceptors (Lipinski definition) is 0. The number of allylic oxidation sites excluding steroid dienone is 4. The summed E-state index contributed by atoms with van der Waals surface area (Å²) in [5.74, 6) is 0. The van der Waals surface area contributed by atoms with Crippen LogP contribution in [0.25, 0.3) is 0 Å². The summed E-state index contributed by atoms with van der Waals surface area (Å²) in [6.07, 6.45) is 5.97. The summed E-state index contributed by atoms with van der Waals surface area (Å²) in [7, 11) is 0. The van der Waals surface area contributed by atoms with Crippen LogP contribution >= 0.6 is 0 Å². The van der Waals surface area contributed by atoms with E-state index < -0.39 is 0 Å². The van der Waals surface area contributed by atoms with Gasteiger partial charge in [-0.3, -0.25) is 0 Å². The Hall–Kier alpha value is -0.520. The summed E-state index contributed by atoms with van der Waals surface area (Å²) in [4.78, 5) is 0. The minimum atomic E-state index is 0.342. The predicted molar refractivity (Wildman–Crippen MR) is 59.8 cm³/mol. The molecule has 0 nitrogen and oxygen atoms in total. The van der Waals surface area contributed by atoms with Gasteiger partial charge in [-0.1, -0.05) is 50.5 Å². The molecule has 0 aliphatic heterocycles. The molecule has 0 saturated heterocycles. The zero-order valence-electron chi connectivity index (χ0n) is 9.70. The molecule has 0 N–H and O–H groups in total. The highest BCUT2D eigenvalue weighted by atomic mass is 14.4. The van der Waals surface area contributed by atoms with Gasteiger partial charge in [0.1, 0.15) is 0 Å². The van der Waals surface area contributed by atoms with Gasteiger partial charge in [0, 0.05) is 5.41 Å². The molecule has 1 aliphatic rings. The molecule has 13 heavy (non-hydrogen) atoms. The molecule has 0 aromatic carbocycles. The molecule has 74 valence electrons. The second-order valence-electron chi connectivity index (χ2n) is 4.40. The van der Waals surface area contributed by atoms with Crippen molar-refractivity contribution < 1.29 is 0 Å². The first kappa shape index (κ1) is 10.6. The van der Waals surface area contributed by atoms with E-state index in [2.05, 4.69) is 40.7 Å². The van der Waals surface area contributed by atoms with E-state index >= 15 is 0 Å². The van der Waals surface area contributed by atoms with E-state index in [1.54, 1.807) is 16.7 Å². The third-order valence-corrected chi connectivity index (χ3v) is 3.52. The predicted octanol–water partition coefficient (Wildman–Crippen LogP) is 4.48. The van der Waals surface area contributed by atoms with Crippen LogP contribution in [0, 0.1) is 5.41 Å². The minimum absolute atomic E-state index is 0.342. The number of hydrogen-bond donors (Lipinski definition) is 0. The maximum absolute atomic E-state index is 2.36. The summed E-state index contributed by atoms with van der Waals surface area (Å²) in [5, 5.41) is 0. The maximum Gasteiger partial charge on any atom is 0.00697 e. The Morgan fingerprint density at radius 1 is 1.23 bits per heavy atom. The van der Waals surface area contributed by atoms with Crippen LogP contribution in [0.5, 0.6) is 0 Å². The summed E-state index contributed by atoms with van der Waals surface area (Å²) in [6.45, 7) is 11.5. The van der Waals surface area contributed by atoms with Gasteiger partial charge >= 0.3 is 0 Å². The van der Waals surface area contributed by atoms with Crippen molar-refractivity contribution in [1.82, 2.24) is 0 Å². The van der Waals surface area contributed by atoms with Crippen LogP contribution in [-0.4, -0.2) is 0 Å². The molecule has 0 saturated carbocycles. The lowest BCUT2D eigenvalue weighted by molar-refractivity contribution is 0.536. The zero-order valence-corrected chi connectivity index (χ0v) is 9.70. The molecule has 0 heteroatoms. The molecular weight excluding hydrogens is 156 g/mol. The van der Waals surface area contributed by atoms with Crippen molar-refractivity contribution in [3.8, 4) is 0 Å². The van der Waals surface area contributed by atoms with Crippen molar-refractivity contribution in [1.29, 1.82) is 0 Å². The van der Waals surface area contributed by atoms with E-state index in [0.717, 1.165) is 0 Å². The van der Waals surface area contributed by atoms with Crippen LogP contribution in [-0.2, 0) is 0 Å².